The highest BCUT2D eigenvalue weighted by atomic mass is 79.9. The molecule has 1 aliphatic heterocycles. The van der Waals surface area contributed by atoms with E-state index in [4.69, 9.17) is 9.47 Å². The molecule has 0 saturated carbocycles. The van der Waals surface area contributed by atoms with Gasteiger partial charge in [-0.05, 0) is 48.3 Å². The number of hydrogen-bond acceptors (Lipinski definition) is 5. The minimum atomic E-state index is -0.686. The molecule has 0 unspecified atom stereocenters. The quantitative estimate of drug-likeness (QED) is 0.447. The van der Waals surface area contributed by atoms with Crippen LogP contribution in [0.4, 0.5) is 4.79 Å². The summed E-state index contributed by atoms with van der Waals surface area (Å²) in [6, 6.07) is 16.6. The van der Waals surface area contributed by atoms with Crippen LogP contribution in [0.5, 0.6) is 0 Å². The molecular formula is C25H23BrN2O5. The van der Waals surface area contributed by atoms with E-state index in [1.54, 1.807) is 39.0 Å². The predicted molar refractivity (Wildman–Crippen MR) is 127 cm³/mol. The minimum Gasteiger partial charge on any atom is -0.443 e. The zero-order chi connectivity index (χ0) is 23.8. The van der Waals surface area contributed by atoms with Crippen molar-refractivity contribution in [1.29, 1.82) is 0 Å². The first kappa shape index (κ1) is 22.9. The lowest BCUT2D eigenvalue weighted by Gasteiger charge is -2.19. The molecule has 0 N–H and O–H groups in total. The van der Waals surface area contributed by atoms with E-state index in [1.807, 2.05) is 36.4 Å². The van der Waals surface area contributed by atoms with E-state index in [9.17, 15) is 14.4 Å². The van der Waals surface area contributed by atoms with E-state index in [2.05, 4.69) is 15.9 Å². The van der Waals surface area contributed by atoms with Crippen molar-refractivity contribution in [3.63, 3.8) is 0 Å². The maximum absolute atomic E-state index is 13.2. The molecule has 170 valence electrons. The van der Waals surface area contributed by atoms with Crippen LogP contribution in [-0.4, -0.2) is 39.7 Å². The molecule has 1 aliphatic rings. The number of amides is 2. The number of halogens is 1. The van der Waals surface area contributed by atoms with E-state index in [0.29, 0.717) is 16.5 Å². The van der Waals surface area contributed by atoms with Crippen LogP contribution >= 0.6 is 15.9 Å². The van der Waals surface area contributed by atoms with Crippen LogP contribution in [-0.2, 0) is 25.7 Å². The van der Waals surface area contributed by atoms with Gasteiger partial charge in [-0.3, -0.25) is 14.2 Å². The fourth-order valence-electron chi connectivity index (χ4n) is 3.57. The third kappa shape index (κ3) is 4.62. The van der Waals surface area contributed by atoms with Crippen molar-refractivity contribution in [3.8, 4) is 0 Å². The van der Waals surface area contributed by atoms with Crippen molar-refractivity contribution < 1.29 is 23.9 Å². The van der Waals surface area contributed by atoms with Gasteiger partial charge in [0.2, 0.25) is 0 Å². The van der Waals surface area contributed by atoms with Crippen LogP contribution in [0.1, 0.15) is 31.9 Å². The van der Waals surface area contributed by atoms with E-state index in [1.165, 1.54) is 10.8 Å². The van der Waals surface area contributed by atoms with Crippen molar-refractivity contribution in [1.82, 2.24) is 9.47 Å². The zero-order valence-corrected chi connectivity index (χ0v) is 20.1. The van der Waals surface area contributed by atoms with Gasteiger partial charge >= 0.3 is 6.09 Å². The molecule has 0 aliphatic carbocycles. The summed E-state index contributed by atoms with van der Waals surface area (Å²) in [5, 5.41) is 0.656. The van der Waals surface area contributed by atoms with Gasteiger partial charge in [0.15, 0.2) is 0 Å². The molecule has 2 aromatic carbocycles. The first-order valence-electron chi connectivity index (χ1n) is 10.4. The first-order chi connectivity index (χ1) is 15.7. The number of carbonyl (C=O) groups is 3. The van der Waals surface area contributed by atoms with E-state index >= 15 is 0 Å². The molecular weight excluding hydrogens is 488 g/mol. The van der Waals surface area contributed by atoms with Crippen molar-refractivity contribution >= 4 is 50.3 Å². The lowest BCUT2D eigenvalue weighted by molar-refractivity contribution is -0.143. The molecule has 0 fully saturated rings. The molecule has 0 radical (unpaired) electrons. The summed E-state index contributed by atoms with van der Waals surface area (Å²) in [6.07, 6.45) is 0.968. The van der Waals surface area contributed by atoms with Gasteiger partial charge in [0.05, 0.1) is 22.2 Å². The summed E-state index contributed by atoms with van der Waals surface area (Å²) in [5.41, 5.74) is 1.47. The van der Waals surface area contributed by atoms with Gasteiger partial charge in [0.25, 0.3) is 11.8 Å². The standard InChI is InChI=1S/C25H23BrN2O5/c1-25(2,3)33-24(31)27-13-18(17-11-7-8-12-19(17)27)20-21(26)23(30)28(22(20)29)15-32-14-16-9-5-4-6-10-16/h4-13H,14-15H2,1-3H3. The average Bonchev–Trinajstić information content (AvgIpc) is 3.24. The molecule has 2 heterocycles. The molecule has 0 spiro atoms. The number of carbonyl (C=O) groups excluding carboxylic acids is 3. The van der Waals surface area contributed by atoms with Crippen molar-refractivity contribution in [2.24, 2.45) is 0 Å². The third-order valence-corrected chi connectivity index (χ3v) is 5.75. The Balaban J connectivity index is 1.63. The maximum atomic E-state index is 13.2. The molecule has 4 rings (SSSR count). The Hall–Kier alpha value is -3.23. The topological polar surface area (TPSA) is 77.8 Å². The Morgan fingerprint density at radius 3 is 2.33 bits per heavy atom. The van der Waals surface area contributed by atoms with Crippen molar-refractivity contribution in [3.05, 3.63) is 76.4 Å². The van der Waals surface area contributed by atoms with E-state index in [-0.39, 0.29) is 23.4 Å². The molecule has 0 saturated heterocycles. The van der Waals surface area contributed by atoms with Crippen molar-refractivity contribution in [2.45, 2.75) is 33.0 Å². The third-order valence-electron chi connectivity index (χ3n) is 5.01. The van der Waals surface area contributed by atoms with Crippen molar-refractivity contribution in [2.75, 3.05) is 6.73 Å². The normalized spacial score (nSPS) is 14.5. The zero-order valence-electron chi connectivity index (χ0n) is 18.5. The monoisotopic (exact) mass is 510 g/mol. The summed E-state index contributed by atoms with van der Waals surface area (Å²) in [6.45, 7) is 5.42. The Morgan fingerprint density at radius 1 is 0.970 bits per heavy atom. The minimum absolute atomic E-state index is 0.128. The lowest BCUT2D eigenvalue weighted by atomic mass is 10.1. The predicted octanol–water partition coefficient (Wildman–Crippen LogP) is 5.07. The Bertz CT molecular complexity index is 1270. The molecule has 3 aromatic rings. The van der Waals surface area contributed by atoms with Gasteiger partial charge in [0.1, 0.15) is 12.3 Å². The molecule has 8 heteroatoms. The number of benzene rings is 2. The molecule has 1 aromatic heterocycles. The molecule has 7 nitrogen and oxygen atoms in total. The summed E-state index contributed by atoms with van der Waals surface area (Å²) in [4.78, 5) is 39.9. The molecule has 0 atom stereocenters. The summed E-state index contributed by atoms with van der Waals surface area (Å²) < 4.78 is 12.6. The fourth-order valence-corrected chi connectivity index (χ4v) is 4.16. The Kier molecular flexibility index (Phi) is 6.23. The van der Waals surface area contributed by atoms with Crippen LogP contribution in [0.25, 0.3) is 16.5 Å². The second-order valence-corrected chi connectivity index (χ2v) is 9.39. The van der Waals surface area contributed by atoms with Gasteiger partial charge in [-0.2, -0.15) is 0 Å². The van der Waals surface area contributed by atoms with Crippen LogP contribution in [0.3, 0.4) is 0 Å². The van der Waals surface area contributed by atoms with E-state index in [0.717, 1.165) is 10.5 Å². The second-order valence-electron chi connectivity index (χ2n) is 8.60. The number of aromatic nitrogens is 1. The summed E-state index contributed by atoms with van der Waals surface area (Å²) in [5.74, 6) is -0.982. The Labute approximate surface area is 199 Å². The highest BCUT2D eigenvalue weighted by Gasteiger charge is 2.39. The molecule has 2 amide bonds. The number of ether oxygens (including phenoxy) is 2. The number of rotatable bonds is 5. The highest BCUT2D eigenvalue weighted by molar-refractivity contribution is 9.12. The maximum Gasteiger partial charge on any atom is 0.419 e. The van der Waals surface area contributed by atoms with Gasteiger partial charge < -0.3 is 9.47 Å². The largest absolute Gasteiger partial charge is 0.443 e. The molecule has 0 bridgehead atoms. The van der Waals surface area contributed by atoms with Gasteiger partial charge in [-0.15, -0.1) is 0 Å². The first-order valence-corrected chi connectivity index (χ1v) is 11.2. The SMILES string of the molecule is CC(C)(C)OC(=O)n1cc(C2=C(Br)C(=O)N(COCc3ccccc3)C2=O)c2ccccc21. The van der Waals surface area contributed by atoms with Gasteiger partial charge in [-0.25, -0.2) is 9.69 Å². The number of fused-ring (bicyclic) bond motifs is 1. The number of para-hydroxylation sites is 1. The van der Waals surface area contributed by atoms with Crippen LogP contribution in [0, 0.1) is 0 Å². The Morgan fingerprint density at radius 2 is 1.64 bits per heavy atom. The number of hydrogen-bond donors (Lipinski definition) is 0. The summed E-state index contributed by atoms with van der Waals surface area (Å²) in [7, 11) is 0. The fraction of sp³-hybridized carbons (Fsp3) is 0.240. The number of imide groups is 1. The highest BCUT2D eigenvalue weighted by Crippen LogP contribution is 2.37. The lowest BCUT2D eigenvalue weighted by Crippen LogP contribution is -2.33. The average molecular weight is 511 g/mol. The van der Waals surface area contributed by atoms with E-state index < -0.39 is 23.5 Å². The van der Waals surface area contributed by atoms with Gasteiger partial charge in [-0.1, -0.05) is 48.5 Å². The summed E-state index contributed by atoms with van der Waals surface area (Å²) >= 11 is 3.29. The van der Waals surface area contributed by atoms with Gasteiger partial charge in [0, 0.05) is 17.1 Å². The van der Waals surface area contributed by atoms with Crippen LogP contribution < -0.4 is 0 Å². The number of nitrogens with zero attached hydrogens (tertiary/aromatic N) is 2. The van der Waals surface area contributed by atoms with Crippen LogP contribution in [0.2, 0.25) is 0 Å². The van der Waals surface area contributed by atoms with Crippen LogP contribution in [0.15, 0.2) is 65.3 Å². The second kappa shape index (κ2) is 8.96. The smallest absolute Gasteiger partial charge is 0.419 e. The molecule has 33 heavy (non-hydrogen) atoms.